The van der Waals surface area contributed by atoms with Crippen molar-refractivity contribution in [3.8, 4) is 0 Å². The maximum absolute atomic E-state index is 12.0. The molecule has 1 N–H and O–H groups in total. The first-order chi connectivity index (χ1) is 9.20. The zero-order valence-corrected chi connectivity index (χ0v) is 13.1. The molecular formula is C13H23N2O4S. The van der Waals surface area contributed by atoms with Crippen molar-refractivity contribution in [2.75, 3.05) is 19.3 Å². The van der Waals surface area contributed by atoms with Crippen molar-refractivity contribution in [3.05, 3.63) is 6.42 Å². The van der Waals surface area contributed by atoms with Crippen LogP contribution in [0.1, 0.15) is 33.1 Å². The van der Waals surface area contributed by atoms with Gasteiger partial charge in [-0.25, -0.2) is 8.42 Å². The second-order valence-electron chi connectivity index (χ2n) is 5.60. The summed E-state index contributed by atoms with van der Waals surface area (Å²) in [5.74, 6) is -0.129. The Balaban J connectivity index is 2.56. The lowest BCUT2D eigenvalue weighted by Gasteiger charge is -2.17. The first-order valence-electron chi connectivity index (χ1n) is 6.81. The summed E-state index contributed by atoms with van der Waals surface area (Å²) < 4.78 is 24.1. The topological polar surface area (TPSA) is 83.6 Å². The molecule has 1 fully saturated rings. The summed E-state index contributed by atoms with van der Waals surface area (Å²) >= 11 is 0. The standard InChI is InChI=1S/C13H23N2O4S/c1-10(2)6-7-13(17)14-11-5-4-8-15(9-12(11)16)20(3,18)19/h7,10-11H,4-6,8-9H2,1-3H3,(H,14,17)/t11-/m0/s1. The van der Waals surface area contributed by atoms with Gasteiger partial charge >= 0.3 is 0 Å². The van der Waals surface area contributed by atoms with Gasteiger partial charge < -0.3 is 5.32 Å². The number of nitrogens with zero attached hydrogens (tertiary/aromatic N) is 1. The van der Waals surface area contributed by atoms with Crippen LogP contribution >= 0.6 is 0 Å². The van der Waals surface area contributed by atoms with Gasteiger partial charge in [0.2, 0.25) is 15.9 Å². The monoisotopic (exact) mass is 303 g/mol. The van der Waals surface area contributed by atoms with E-state index in [1.807, 2.05) is 13.8 Å². The van der Waals surface area contributed by atoms with E-state index in [9.17, 15) is 18.0 Å². The van der Waals surface area contributed by atoms with Gasteiger partial charge in [-0.2, -0.15) is 4.31 Å². The number of ketones is 1. The number of rotatable bonds is 5. The largest absolute Gasteiger partial charge is 0.346 e. The fraction of sp³-hybridized carbons (Fsp3) is 0.769. The molecule has 0 bridgehead atoms. The SMILES string of the molecule is CC(C)C[CH]C(=O)N[C@H]1CCCN(S(C)(=O)=O)CC1=O. The molecule has 1 rings (SSSR count). The van der Waals surface area contributed by atoms with Gasteiger partial charge in [-0.1, -0.05) is 13.8 Å². The van der Waals surface area contributed by atoms with Gasteiger partial charge in [0.25, 0.3) is 0 Å². The maximum Gasteiger partial charge on any atom is 0.224 e. The van der Waals surface area contributed by atoms with Crippen LogP contribution in [0.3, 0.4) is 0 Å². The summed E-state index contributed by atoms with van der Waals surface area (Å²) in [6, 6.07) is -0.585. The molecule has 1 radical (unpaired) electrons. The highest BCUT2D eigenvalue weighted by atomic mass is 32.2. The quantitative estimate of drug-likeness (QED) is 0.794. The molecule has 1 aliphatic rings. The third-order valence-electron chi connectivity index (χ3n) is 3.18. The average molecular weight is 303 g/mol. The number of hydrogen-bond donors (Lipinski definition) is 1. The summed E-state index contributed by atoms with van der Waals surface area (Å²) in [6.07, 6.45) is 4.33. The van der Waals surface area contributed by atoms with E-state index in [2.05, 4.69) is 5.32 Å². The van der Waals surface area contributed by atoms with Gasteiger partial charge in [0.05, 0.1) is 18.8 Å². The first kappa shape index (κ1) is 17.1. The molecule has 0 aromatic rings. The number of sulfonamides is 1. The third-order valence-corrected chi connectivity index (χ3v) is 4.43. The molecule has 0 spiro atoms. The summed E-state index contributed by atoms with van der Waals surface area (Å²) in [7, 11) is -3.36. The van der Waals surface area contributed by atoms with Crippen molar-refractivity contribution in [2.24, 2.45) is 5.92 Å². The van der Waals surface area contributed by atoms with Gasteiger partial charge in [0.1, 0.15) is 0 Å². The molecule has 0 aromatic carbocycles. The molecule has 1 atom stereocenters. The minimum atomic E-state index is -3.36. The maximum atomic E-state index is 12.0. The number of carbonyl (C=O) groups excluding carboxylic acids is 2. The Morgan fingerprint density at radius 1 is 1.50 bits per heavy atom. The molecule has 1 heterocycles. The molecule has 0 saturated carbocycles. The minimum Gasteiger partial charge on any atom is -0.346 e. The van der Waals surface area contributed by atoms with Crippen LogP contribution in [0.2, 0.25) is 0 Å². The average Bonchev–Trinajstić information content (AvgIpc) is 2.49. The number of hydrogen-bond acceptors (Lipinski definition) is 4. The van der Waals surface area contributed by atoms with E-state index in [0.717, 1.165) is 6.26 Å². The summed E-state index contributed by atoms with van der Waals surface area (Å²) in [4.78, 5) is 23.7. The Hall–Kier alpha value is -0.950. The van der Waals surface area contributed by atoms with E-state index in [1.165, 1.54) is 10.7 Å². The molecule has 0 aliphatic carbocycles. The Morgan fingerprint density at radius 2 is 2.15 bits per heavy atom. The zero-order valence-electron chi connectivity index (χ0n) is 12.3. The number of nitrogens with one attached hydrogen (secondary N) is 1. The van der Waals surface area contributed by atoms with Gasteiger partial charge in [-0.15, -0.1) is 0 Å². The van der Waals surface area contributed by atoms with Crippen molar-refractivity contribution in [1.82, 2.24) is 9.62 Å². The van der Waals surface area contributed by atoms with Crippen molar-refractivity contribution in [3.63, 3.8) is 0 Å². The van der Waals surface area contributed by atoms with Crippen LogP contribution in [-0.2, 0) is 19.6 Å². The molecular weight excluding hydrogens is 280 g/mol. The summed E-state index contributed by atoms with van der Waals surface area (Å²) in [6.45, 7) is 4.18. The molecule has 1 aliphatic heterocycles. The van der Waals surface area contributed by atoms with E-state index in [-0.39, 0.29) is 18.2 Å². The lowest BCUT2D eigenvalue weighted by Crippen LogP contribution is -2.44. The number of Topliss-reactive ketones (excluding diaryl/α,β-unsaturated/α-hetero) is 1. The summed E-state index contributed by atoms with van der Waals surface area (Å²) in [5, 5.41) is 2.67. The summed E-state index contributed by atoms with van der Waals surface area (Å²) in [5.41, 5.74) is 0. The molecule has 0 aromatic heterocycles. The molecule has 7 heteroatoms. The van der Waals surface area contributed by atoms with Crippen molar-refractivity contribution in [1.29, 1.82) is 0 Å². The minimum absolute atomic E-state index is 0.159. The van der Waals surface area contributed by atoms with Gasteiger partial charge in [-0.05, 0) is 25.2 Å². The Bertz CT molecular complexity index is 459. The number of amides is 1. The van der Waals surface area contributed by atoms with Crippen molar-refractivity contribution < 1.29 is 18.0 Å². The molecule has 20 heavy (non-hydrogen) atoms. The highest BCUT2D eigenvalue weighted by Crippen LogP contribution is 2.12. The van der Waals surface area contributed by atoms with Crippen LogP contribution < -0.4 is 5.32 Å². The van der Waals surface area contributed by atoms with Crippen LogP contribution in [0, 0.1) is 12.3 Å². The van der Waals surface area contributed by atoms with Crippen LogP contribution in [0.25, 0.3) is 0 Å². The first-order valence-corrected chi connectivity index (χ1v) is 8.66. The lowest BCUT2D eigenvalue weighted by atomic mass is 10.1. The molecule has 1 amide bonds. The smallest absolute Gasteiger partial charge is 0.224 e. The van der Waals surface area contributed by atoms with E-state index in [4.69, 9.17) is 0 Å². The highest BCUT2D eigenvalue weighted by Gasteiger charge is 2.29. The van der Waals surface area contributed by atoms with Gasteiger partial charge in [-0.3, -0.25) is 9.59 Å². The van der Waals surface area contributed by atoms with E-state index in [0.29, 0.717) is 31.7 Å². The Labute approximate surface area is 121 Å². The Kier molecular flexibility index (Phi) is 6.13. The normalized spacial score (nSPS) is 21.8. The molecule has 0 unspecified atom stereocenters. The lowest BCUT2D eigenvalue weighted by molar-refractivity contribution is -0.126. The fourth-order valence-electron chi connectivity index (χ4n) is 2.00. The van der Waals surface area contributed by atoms with E-state index < -0.39 is 16.1 Å². The van der Waals surface area contributed by atoms with Gasteiger partial charge in [0.15, 0.2) is 5.78 Å². The second kappa shape index (κ2) is 7.17. The van der Waals surface area contributed by atoms with E-state index >= 15 is 0 Å². The highest BCUT2D eigenvalue weighted by molar-refractivity contribution is 7.88. The zero-order chi connectivity index (χ0) is 15.3. The van der Waals surface area contributed by atoms with Crippen LogP contribution in [0.15, 0.2) is 0 Å². The van der Waals surface area contributed by atoms with E-state index in [1.54, 1.807) is 0 Å². The molecule has 1 saturated heterocycles. The second-order valence-corrected chi connectivity index (χ2v) is 7.58. The van der Waals surface area contributed by atoms with Gasteiger partial charge in [0, 0.05) is 13.0 Å². The van der Waals surface area contributed by atoms with Crippen molar-refractivity contribution in [2.45, 2.75) is 39.2 Å². The number of carbonyl (C=O) groups is 2. The third kappa shape index (κ3) is 5.58. The predicted octanol–water partition coefficient (Wildman–Crippen LogP) is 0.346. The predicted molar refractivity (Wildman–Crippen MR) is 76.3 cm³/mol. The fourth-order valence-corrected chi connectivity index (χ4v) is 2.83. The van der Waals surface area contributed by atoms with Crippen molar-refractivity contribution >= 4 is 21.7 Å². The molecule has 6 nitrogen and oxygen atoms in total. The molecule has 115 valence electrons. The Morgan fingerprint density at radius 3 is 2.70 bits per heavy atom. The van der Waals surface area contributed by atoms with Crippen LogP contribution in [0.4, 0.5) is 0 Å². The van der Waals surface area contributed by atoms with Crippen LogP contribution in [0.5, 0.6) is 0 Å². The van der Waals surface area contributed by atoms with Crippen LogP contribution in [-0.4, -0.2) is 49.8 Å².